The quantitative estimate of drug-likeness (QED) is 0.591. The van der Waals surface area contributed by atoms with Gasteiger partial charge >= 0.3 is 0 Å². The number of hydrogen-bond acceptors (Lipinski definition) is 7. The molecular weight excluding hydrogens is 520 g/mol. The van der Waals surface area contributed by atoms with Crippen molar-refractivity contribution in [2.75, 3.05) is 57.8 Å². The van der Waals surface area contributed by atoms with Crippen LogP contribution in [0.4, 0.5) is 14.6 Å². The van der Waals surface area contributed by atoms with Crippen LogP contribution in [-0.2, 0) is 4.79 Å². The number of phenolic OH excluding ortho intramolecular Hbond substituents is 1. The molecule has 1 aromatic heterocycles. The number of anilines is 1. The fourth-order valence-electron chi connectivity index (χ4n) is 5.37. The summed E-state index contributed by atoms with van der Waals surface area (Å²) in [6.07, 6.45) is 1.23. The number of carbonyl (C=O) groups excluding carboxylic acids is 2. The van der Waals surface area contributed by atoms with Crippen LogP contribution in [0.25, 0.3) is 11.3 Å². The minimum absolute atomic E-state index is 0.0121. The van der Waals surface area contributed by atoms with Crippen molar-refractivity contribution in [1.82, 2.24) is 19.7 Å². The molecule has 5 rings (SSSR count). The molecule has 202 valence electrons. The number of fused-ring (bicyclic) bond motifs is 2. The van der Waals surface area contributed by atoms with E-state index in [2.05, 4.69) is 16.5 Å². The monoisotopic (exact) mass is 547 g/mol. The van der Waals surface area contributed by atoms with E-state index in [4.69, 9.17) is 16.3 Å². The number of benzene rings is 1. The van der Waals surface area contributed by atoms with Gasteiger partial charge in [0.2, 0.25) is 5.91 Å². The Morgan fingerprint density at radius 2 is 1.87 bits per heavy atom. The van der Waals surface area contributed by atoms with Crippen molar-refractivity contribution >= 4 is 29.2 Å². The van der Waals surface area contributed by atoms with Crippen molar-refractivity contribution in [2.24, 2.45) is 0 Å². The minimum Gasteiger partial charge on any atom is -0.504 e. The van der Waals surface area contributed by atoms with Gasteiger partial charge < -0.3 is 29.4 Å². The summed E-state index contributed by atoms with van der Waals surface area (Å²) in [7, 11) is 1.98. The zero-order chi connectivity index (χ0) is 27.3. The van der Waals surface area contributed by atoms with Crippen molar-refractivity contribution in [2.45, 2.75) is 19.0 Å². The van der Waals surface area contributed by atoms with Crippen molar-refractivity contribution < 1.29 is 28.2 Å². The van der Waals surface area contributed by atoms with Crippen LogP contribution in [0.3, 0.4) is 0 Å². The average molecular weight is 548 g/mol. The molecular formula is C26H28ClF2N5O4. The molecule has 1 N–H and O–H groups in total. The molecule has 2 aromatic rings. The summed E-state index contributed by atoms with van der Waals surface area (Å²) in [6.45, 7) is 8.21. The summed E-state index contributed by atoms with van der Waals surface area (Å²) >= 11 is 6.70. The number of piperazine rings is 2. The van der Waals surface area contributed by atoms with Crippen LogP contribution < -0.4 is 9.64 Å². The van der Waals surface area contributed by atoms with Crippen LogP contribution in [0.15, 0.2) is 24.8 Å². The van der Waals surface area contributed by atoms with E-state index in [0.29, 0.717) is 26.2 Å². The maximum atomic E-state index is 15.0. The smallest absolute Gasteiger partial charge is 0.261 e. The summed E-state index contributed by atoms with van der Waals surface area (Å²) in [5, 5.41) is 10.2. The summed E-state index contributed by atoms with van der Waals surface area (Å²) in [6, 6.07) is 1.14. The van der Waals surface area contributed by atoms with E-state index < -0.39 is 29.0 Å². The Kier molecular flexibility index (Phi) is 6.91. The molecule has 0 unspecified atom stereocenters. The second kappa shape index (κ2) is 10.0. The molecule has 4 heterocycles. The van der Waals surface area contributed by atoms with Gasteiger partial charge in [-0.15, -0.1) is 0 Å². The number of halogens is 3. The maximum absolute atomic E-state index is 15.0. The Bertz CT molecular complexity index is 1330. The molecule has 3 aliphatic rings. The minimum atomic E-state index is -1.04. The zero-order valence-electron chi connectivity index (χ0n) is 21.1. The Morgan fingerprint density at radius 1 is 1.16 bits per heavy atom. The van der Waals surface area contributed by atoms with Gasteiger partial charge in [0, 0.05) is 45.3 Å². The van der Waals surface area contributed by atoms with Crippen molar-refractivity contribution in [3.63, 3.8) is 0 Å². The van der Waals surface area contributed by atoms with Crippen molar-refractivity contribution in [3.8, 4) is 22.8 Å². The molecule has 38 heavy (non-hydrogen) atoms. The number of aromatic hydroxyl groups is 1. The second-order valence-corrected chi connectivity index (χ2v) is 10.2. The van der Waals surface area contributed by atoms with Crippen molar-refractivity contribution in [1.29, 1.82) is 0 Å². The fraction of sp³-hybridized carbons (Fsp3) is 0.423. The summed E-state index contributed by atoms with van der Waals surface area (Å²) < 4.78 is 35.4. The molecule has 1 aromatic carbocycles. The second-order valence-electron chi connectivity index (χ2n) is 9.81. The molecule has 2 amide bonds. The van der Waals surface area contributed by atoms with Gasteiger partial charge in [0.1, 0.15) is 34.5 Å². The third-order valence-electron chi connectivity index (χ3n) is 7.36. The Balaban J connectivity index is 1.68. The van der Waals surface area contributed by atoms with E-state index in [1.54, 1.807) is 9.80 Å². The highest BCUT2D eigenvalue weighted by molar-refractivity contribution is 6.35. The molecule has 2 fully saturated rings. The highest BCUT2D eigenvalue weighted by atomic mass is 35.5. The summed E-state index contributed by atoms with van der Waals surface area (Å²) in [5.41, 5.74) is -0.615. The van der Waals surface area contributed by atoms with Gasteiger partial charge in [0.05, 0.1) is 11.6 Å². The van der Waals surface area contributed by atoms with Gasteiger partial charge in [0.15, 0.2) is 17.3 Å². The first-order valence-electron chi connectivity index (χ1n) is 12.3. The molecule has 2 atom stereocenters. The van der Waals surface area contributed by atoms with E-state index in [9.17, 15) is 23.5 Å². The van der Waals surface area contributed by atoms with Gasteiger partial charge in [-0.25, -0.2) is 13.8 Å². The van der Waals surface area contributed by atoms with Crippen LogP contribution in [0, 0.1) is 11.6 Å². The topological polar surface area (TPSA) is 89.5 Å². The van der Waals surface area contributed by atoms with E-state index in [-0.39, 0.29) is 65.4 Å². The third-order valence-corrected chi connectivity index (χ3v) is 7.71. The van der Waals surface area contributed by atoms with Gasteiger partial charge in [-0.2, -0.15) is 0 Å². The number of nitrogens with zero attached hydrogens (tertiary/aromatic N) is 5. The molecule has 0 radical (unpaired) electrons. The first kappa shape index (κ1) is 26.2. The molecule has 0 saturated carbocycles. The molecule has 0 aliphatic carbocycles. The zero-order valence-corrected chi connectivity index (χ0v) is 21.8. The SMILES string of the molecule is C=CC(=O)N1CCN2C(=O)c3c(N4CCN(C)C[C@@H]4C)nc(-c4c(F)ccc(F)c4O)c(Cl)c3OC[C@H]2C1. The van der Waals surface area contributed by atoms with Crippen LogP contribution in [0.2, 0.25) is 5.02 Å². The van der Waals surface area contributed by atoms with E-state index in [0.717, 1.165) is 12.1 Å². The molecule has 0 spiro atoms. The molecule has 9 nitrogen and oxygen atoms in total. The number of ether oxygens (including phenoxy) is 1. The van der Waals surface area contributed by atoms with E-state index in [1.165, 1.54) is 6.08 Å². The predicted molar refractivity (Wildman–Crippen MR) is 138 cm³/mol. The molecule has 3 aliphatic heterocycles. The van der Waals surface area contributed by atoms with E-state index >= 15 is 0 Å². The molecule has 12 heteroatoms. The van der Waals surface area contributed by atoms with Crippen LogP contribution in [0.1, 0.15) is 17.3 Å². The number of pyridine rings is 1. The summed E-state index contributed by atoms with van der Waals surface area (Å²) in [5.74, 6) is -3.31. The largest absolute Gasteiger partial charge is 0.504 e. The fourth-order valence-corrected chi connectivity index (χ4v) is 5.66. The lowest BCUT2D eigenvalue weighted by Gasteiger charge is -2.41. The average Bonchev–Trinajstić information content (AvgIpc) is 3.04. The lowest BCUT2D eigenvalue weighted by atomic mass is 10.0. The lowest BCUT2D eigenvalue weighted by molar-refractivity contribution is -0.128. The Labute approximate surface area is 223 Å². The number of amides is 2. The number of hydrogen-bond donors (Lipinski definition) is 1. The molecule has 2 saturated heterocycles. The number of carbonyl (C=O) groups is 2. The Hall–Kier alpha value is -3.44. The predicted octanol–water partition coefficient (Wildman–Crippen LogP) is 2.76. The van der Waals surface area contributed by atoms with Crippen LogP contribution in [-0.4, -0.2) is 102 Å². The van der Waals surface area contributed by atoms with Crippen LogP contribution >= 0.6 is 11.6 Å². The van der Waals surface area contributed by atoms with Crippen LogP contribution in [0.5, 0.6) is 11.5 Å². The highest BCUT2D eigenvalue weighted by Gasteiger charge is 2.41. The first-order valence-corrected chi connectivity index (χ1v) is 12.7. The van der Waals surface area contributed by atoms with E-state index in [1.807, 2.05) is 18.9 Å². The van der Waals surface area contributed by atoms with Gasteiger partial charge in [-0.05, 0) is 32.2 Å². The highest BCUT2D eigenvalue weighted by Crippen LogP contribution is 2.46. The number of phenols is 1. The number of rotatable bonds is 3. The van der Waals surface area contributed by atoms with Gasteiger partial charge in [-0.1, -0.05) is 18.2 Å². The maximum Gasteiger partial charge on any atom is 0.261 e. The third kappa shape index (κ3) is 4.33. The molecule has 0 bridgehead atoms. The normalized spacial score (nSPS) is 21.9. The number of likely N-dealkylation sites (N-methyl/N-ethyl adjacent to an activating group) is 1. The summed E-state index contributed by atoms with van der Waals surface area (Å²) in [4.78, 5) is 38.2. The first-order chi connectivity index (χ1) is 18.1. The van der Waals surface area contributed by atoms with Crippen molar-refractivity contribution in [3.05, 3.63) is 47.0 Å². The lowest BCUT2D eigenvalue weighted by Crippen LogP contribution is -2.57. The standard InChI is InChI=1S/C26H28ClF2N5O4/c1-4-18(35)32-8-10-34-15(12-32)13-38-24-20(26(34)37)25(33-9-7-31(3)11-14(33)2)30-22(21(24)27)19-16(28)5-6-17(29)23(19)36/h4-6,14-15,36H,1,7-13H2,2-3H3/t14-,15+/m0/s1. The van der Waals surface area contributed by atoms with Gasteiger partial charge in [-0.3, -0.25) is 9.59 Å². The Morgan fingerprint density at radius 3 is 2.58 bits per heavy atom. The van der Waals surface area contributed by atoms with Gasteiger partial charge in [0.25, 0.3) is 5.91 Å². The number of aromatic nitrogens is 1.